The maximum absolute atomic E-state index is 5.80. The van der Waals surface area contributed by atoms with Crippen molar-refractivity contribution in [2.24, 2.45) is 5.73 Å². The summed E-state index contributed by atoms with van der Waals surface area (Å²) in [6.45, 7) is 0.960. The predicted molar refractivity (Wildman–Crippen MR) is 90.9 cm³/mol. The molecule has 0 saturated heterocycles. The monoisotopic (exact) mass is 373 g/mol. The molecule has 0 radical (unpaired) electrons. The molecule has 0 aliphatic carbocycles. The van der Waals surface area contributed by atoms with Gasteiger partial charge >= 0.3 is 0 Å². The van der Waals surface area contributed by atoms with Crippen LogP contribution in [0, 0.1) is 0 Å². The molecule has 1 heterocycles. The van der Waals surface area contributed by atoms with Crippen LogP contribution >= 0.6 is 15.9 Å². The van der Waals surface area contributed by atoms with Gasteiger partial charge < -0.3 is 10.5 Å². The quantitative estimate of drug-likeness (QED) is 0.743. The Kier molecular flexibility index (Phi) is 4.68. The molecule has 3 rings (SSSR count). The van der Waals surface area contributed by atoms with E-state index in [0.717, 1.165) is 26.9 Å². The highest BCUT2D eigenvalue weighted by atomic mass is 79.9. The number of tetrazole rings is 1. The van der Waals surface area contributed by atoms with E-state index in [0.29, 0.717) is 18.9 Å². The first-order valence-electron chi connectivity index (χ1n) is 7.10. The number of hydrogen-bond donors (Lipinski definition) is 1. The average molecular weight is 374 g/mol. The third-order valence-electron chi connectivity index (χ3n) is 3.48. The zero-order valence-electron chi connectivity index (χ0n) is 12.6. The maximum Gasteiger partial charge on any atom is 0.206 e. The first-order chi connectivity index (χ1) is 11.2. The summed E-state index contributed by atoms with van der Waals surface area (Å²) in [5.41, 5.74) is 8.73. The second-order valence-corrected chi connectivity index (χ2v) is 5.82. The van der Waals surface area contributed by atoms with Crippen LogP contribution < -0.4 is 10.5 Å². The summed E-state index contributed by atoms with van der Waals surface area (Å²) in [6.07, 6.45) is 0. The van der Waals surface area contributed by atoms with Crippen LogP contribution in [0.3, 0.4) is 0 Å². The number of rotatable bonds is 5. The lowest BCUT2D eigenvalue weighted by Crippen LogP contribution is -2.04. The van der Waals surface area contributed by atoms with Gasteiger partial charge in [0.25, 0.3) is 0 Å². The molecule has 1 aromatic heterocycles. The predicted octanol–water partition coefficient (Wildman–Crippen LogP) is 2.62. The Morgan fingerprint density at radius 1 is 1.17 bits per heavy atom. The van der Waals surface area contributed by atoms with Crippen LogP contribution in [0.1, 0.15) is 11.1 Å². The molecule has 0 amide bonds. The van der Waals surface area contributed by atoms with Gasteiger partial charge in [0.2, 0.25) is 5.82 Å². The molecule has 0 aliphatic rings. The van der Waals surface area contributed by atoms with E-state index in [2.05, 4.69) is 31.3 Å². The van der Waals surface area contributed by atoms with Crippen LogP contribution in [0.15, 0.2) is 46.9 Å². The lowest BCUT2D eigenvalue weighted by molar-refractivity contribution is 0.414. The van der Waals surface area contributed by atoms with Crippen molar-refractivity contribution in [1.82, 2.24) is 20.2 Å². The molecule has 6 nitrogen and oxygen atoms in total. The largest absolute Gasteiger partial charge is 0.497 e. The van der Waals surface area contributed by atoms with Crippen LogP contribution in [-0.2, 0) is 13.1 Å². The molecule has 3 aromatic rings. The van der Waals surface area contributed by atoms with Crippen molar-refractivity contribution < 1.29 is 4.74 Å². The molecule has 2 aromatic carbocycles. The molecule has 0 saturated carbocycles. The van der Waals surface area contributed by atoms with E-state index >= 15 is 0 Å². The van der Waals surface area contributed by atoms with Crippen molar-refractivity contribution in [2.45, 2.75) is 13.1 Å². The van der Waals surface area contributed by atoms with E-state index in [1.165, 1.54) is 0 Å². The maximum atomic E-state index is 5.80. The van der Waals surface area contributed by atoms with Gasteiger partial charge in [-0.3, -0.25) is 0 Å². The lowest BCUT2D eigenvalue weighted by atomic mass is 10.1. The van der Waals surface area contributed by atoms with Crippen molar-refractivity contribution >= 4 is 15.9 Å². The molecule has 23 heavy (non-hydrogen) atoms. The van der Waals surface area contributed by atoms with E-state index in [1.807, 2.05) is 42.5 Å². The fourth-order valence-corrected chi connectivity index (χ4v) is 2.88. The summed E-state index contributed by atoms with van der Waals surface area (Å²) >= 11 is 3.53. The zero-order valence-corrected chi connectivity index (χ0v) is 14.2. The molecule has 0 bridgehead atoms. The van der Waals surface area contributed by atoms with E-state index < -0.39 is 0 Å². The van der Waals surface area contributed by atoms with Crippen LogP contribution in [0.4, 0.5) is 0 Å². The second kappa shape index (κ2) is 6.89. The standard InChI is InChI=1S/C16H16BrN5O/c1-23-13-7-5-11(6-8-13)10-22-20-16(19-21-22)15-12(9-18)3-2-4-14(15)17/h2-8H,9-10,18H2,1H3. The topological polar surface area (TPSA) is 78.8 Å². The number of halogens is 1. The molecule has 7 heteroatoms. The number of methoxy groups -OCH3 is 1. The van der Waals surface area contributed by atoms with Gasteiger partial charge in [0.15, 0.2) is 0 Å². The SMILES string of the molecule is COc1ccc(Cn2nnc(-c3c(Br)cccc3CN)n2)cc1. The van der Waals surface area contributed by atoms with Crippen molar-refractivity contribution in [3.63, 3.8) is 0 Å². The number of aromatic nitrogens is 4. The Labute approximate surface area is 142 Å². The fraction of sp³-hybridized carbons (Fsp3) is 0.188. The second-order valence-electron chi connectivity index (χ2n) is 4.97. The average Bonchev–Trinajstić information content (AvgIpc) is 3.03. The van der Waals surface area contributed by atoms with Gasteiger partial charge in [-0.2, -0.15) is 4.80 Å². The minimum Gasteiger partial charge on any atom is -0.497 e. The summed E-state index contributed by atoms with van der Waals surface area (Å²) in [5.74, 6) is 1.38. The van der Waals surface area contributed by atoms with E-state index in [1.54, 1.807) is 11.9 Å². The Hall–Kier alpha value is -2.25. The summed E-state index contributed by atoms with van der Waals surface area (Å²) in [7, 11) is 1.65. The van der Waals surface area contributed by atoms with Crippen LogP contribution in [0.25, 0.3) is 11.4 Å². The summed E-state index contributed by atoms with van der Waals surface area (Å²) in [4.78, 5) is 1.57. The highest BCUT2D eigenvalue weighted by molar-refractivity contribution is 9.10. The minimum atomic E-state index is 0.418. The van der Waals surface area contributed by atoms with Gasteiger partial charge in [-0.15, -0.1) is 10.2 Å². The van der Waals surface area contributed by atoms with E-state index in [-0.39, 0.29) is 0 Å². The Balaban J connectivity index is 1.86. The Bertz CT molecular complexity index is 800. The number of ether oxygens (including phenoxy) is 1. The van der Waals surface area contributed by atoms with E-state index in [4.69, 9.17) is 10.5 Å². The van der Waals surface area contributed by atoms with Gasteiger partial charge in [-0.25, -0.2) is 0 Å². The van der Waals surface area contributed by atoms with Gasteiger partial charge in [-0.1, -0.05) is 40.2 Å². The number of nitrogens with zero attached hydrogens (tertiary/aromatic N) is 4. The smallest absolute Gasteiger partial charge is 0.206 e. The van der Waals surface area contributed by atoms with Crippen LogP contribution in [0.2, 0.25) is 0 Å². The molecule has 118 valence electrons. The summed E-state index contributed by atoms with van der Waals surface area (Å²) in [5, 5.41) is 12.8. The third kappa shape index (κ3) is 3.40. The highest BCUT2D eigenvalue weighted by Gasteiger charge is 2.14. The van der Waals surface area contributed by atoms with Gasteiger partial charge in [-0.05, 0) is 34.5 Å². The van der Waals surface area contributed by atoms with Gasteiger partial charge in [0, 0.05) is 16.6 Å². The fourth-order valence-electron chi connectivity index (χ4n) is 2.29. The molecule has 2 N–H and O–H groups in total. The van der Waals surface area contributed by atoms with Crippen LogP contribution in [0.5, 0.6) is 5.75 Å². The van der Waals surface area contributed by atoms with Crippen molar-refractivity contribution in [3.8, 4) is 17.1 Å². The number of benzene rings is 2. The highest BCUT2D eigenvalue weighted by Crippen LogP contribution is 2.28. The van der Waals surface area contributed by atoms with E-state index in [9.17, 15) is 0 Å². The number of hydrogen-bond acceptors (Lipinski definition) is 5. The first kappa shape index (κ1) is 15.6. The zero-order chi connectivity index (χ0) is 16.2. The molecular weight excluding hydrogens is 358 g/mol. The van der Waals surface area contributed by atoms with Crippen molar-refractivity contribution in [1.29, 1.82) is 0 Å². The molecular formula is C16H16BrN5O. The Morgan fingerprint density at radius 2 is 1.96 bits per heavy atom. The number of nitrogens with two attached hydrogens (primary N) is 1. The lowest BCUT2D eigenvalue weighted by Gasteiger charge is -2.05. The van der Waals surface area contributed by atoms with Crippen LogP contribution in [-0.4, -0.2) is 27.3 Å². The third-order valence-corrected chi connectivity index (χ3v) is 4.14. The molecule has 0 aliphatic heterocycles. The molecule has 0 fully saturated rings. The molecule has 0 unspecified atom stereocenters. The molecule has 0 spiro atoms. The van der Waals surface area contributed by atoms with Crippen molar-refractivity contribution in [3.05, 3.63) is 58.1 Å². The molecule has 0 atom stereocenters. The Morgan fingerprint density at radius 3 is 2.65 bits per heavy atom. The first-order valence-corrected chi connectivity index (χ1v) is 7.89. The normalized spacial score (nSPS) is 10.7. The van der Waals surface area contributed by atoms with Crippen molar-refractivity contribution in [2.75, 3.05) is 7.11 Å². The van der Waals surface area contributed by atoms with Gasteiger partial charge in [0.1, 0.15) is 5.75 Å². The minimum absolute atomic E-state index is 0.418. The summed E-state index contributed by atoms with van der Waals surface area (Å²) < 4.78 is 6.06. The van der Waals surface area contributed by atoms with Gasteiger partial charge in [0.05, 0.1) is 13.7 Å². The summed E-state index contributed by atoms with van der Waals surface area (Å²) in [6, 6.07) is 13.6.